The summed E-state index contributed by atoms with van der Waals surface area (Å²) in [5.41, 5.74) is 0. The third-order valence-electron chi connectivity index (χ3n) is 1.30. The summed E-state index contributed by atoms with van der Waals surface area (Å²) in [5.74, 6) is 0.525. The summed E-state index contributed by atoms with van der Waals surface area (Å²) >= 11 is 0. The summed E-state index contributed by atoms with van der Waals surface area (Å²) in [5, 5.41) is 14.2. The molecule has 0 spiro atoms. The minimum atomic E-state index is 0.515. The molecule has 0 radical (unpaired) electrons. The van der Waals surface area contributed by atoms with E-state index in [0.29, 0.717) is 10.8 Å². The molecule has 2 rings (SSSR count). The minimum Gasteiger partial charge on any atom is -0.594 e. The molecule has 52 valence electrons. The van der Waals surface area contributed by atoms with Crippen molar-refractivity contribution >= 4 is 5.95 Å². The van der Waals surface area contributed by atoms with Crippen molar-refractivity contribution in [3.63, 3.8) is 0 Å². The molecular weight excluding hydrogens is 132 g/mol. The molecule has 0 N–H and O–H groups in total. The third-order valence-corrected chi connectivity index (χ3v) is 1.30. The first-order valence-electron chi connectivity index (χ1n) is 3.04. The van der Waals surface area contributed by atoms with Gasteiger partial charge in [-0.15, -0.1) is 0 Å². The highest BCUT2D eigenvalue weighted by molar-refractivity contribution is 5.34. The van der Waals surface area contributed by atoms with Gasteiger partial charge in [0.05, 0.1) is 11.3 Å². The van der Waals surface area contributed by atoms with E-state index >= 15 is 0 Å². The Labute approximate surface area is 57.5 Å². The number of hydrogen-bond acceptors (Lipinski definition) is 4. The van der Waals surface area contributed by atoms with Crippen LogP contribution in [0.15, 0.2) is 12.4 Å². The van der Waals surface area contributed by atoms with Gasteiger partial charge in [0.25, 0.3) is 5.95 Å². The summed E-state index contributed by atoms with van der Waals surface area (Å²) in [6.45, 7) is 1.92. The first-order chi connectivity index (χ1) is 4.86. The summed E-state index contributed by atoms with van der Waals surface area (Å²) in [6, 6.07) is 0. The molecular formula is C5H6N4O. The second kappa shape index (κ2) is 1.80. The summed E-state index contributed by atoms with van der Waals surface area (Å²) in [7, 11) is 0. The SMILES string of the molecule is [O-][n+]1ccnc(N2CC2)n1. The zero-order valence-electron chi connectivity index (χ0n) is 5.27. The zero-order chi connectivity index (χ0) is 6.97. The monoisotopic (exact) mass is 138 g/mol. The van der Waals surface area contributed by atoms with Crippen LogP contribution in [0.3, 0.4) is 0 Å². The van der Waals surface area contributed by atoms with Crippen LogP contribution in [0.1, 0.15) is 0 Å². The molecule has 2 heterocycles. The molecule has 0 atom stereocenters. The molecule has 0 unspecified atom stereocenters. The quantitative estimate of drug-likeness (QED) is 0.281. The van der Waals surface area contributed by atoms with E-state index in [2.05, 4.69) is 10.1 Å². The maximum Gasteiger partial charge on any atom is 0.292 e. The second-order valence-corrected chi connectivity index (χ2v) is 2.12. The van der Waals surface area contributed by atoms with Gasteiger partial charge in [0.2, 0.25) is 6.20 Å². The van der Waals surface area contributed by atoms with Crippen molar-refractivity contribution in [2.75, 3.05) is 18.0 Å². The molecule has 5 heteroatoms. The second-order valence-electron chi connectivity index (χ2n) is 2.12. The molecule has 1 fully saturated rings. The summed E-state index contributed by atoms with van der Waals surface area (Å²) in [4.78, 5) is 6.32. The van der Waals surface area contributed by atoms with Crippen LogP contribution < -0.4 is 9.75 Å². The van der Waals surface area contributed by atoms with Gasteiger partial charge in [-0.3, -0.25) is 0 Å². The van der Waals surface area contributed by atoms with Crippen molar-refractivity contribution in [2.45, 2.75) is 0 Å². The van der Waals surface area contributed by atoms with E-state index in [-0.39, 0.29) is 0 Å². The van der Waals surface area contributed by atoms with Crippen molar-refractivity contribution < 1.29 is 4.85 Å². The molecule has 10 heavy (non-hydrogen) atoms. The van der Waals surface area contributed by atoms with Crippen molar-refractivity contribution in [1.29, 1.82) is 0 Å². The Morgan fingerprint density at radius 2 is 2.40 bits per heavy atom. The topological polar surface area (TPSA) is 55.7 Å². The lowest BCUT2D eigenvalue weighted by atomic mass is 10.8. The molecule has 1 aromatic heterocycles. The Hall–Kier alpha value is -1.39. The number of nitrogens with zero attached hydrogens (tertiary/aromatic N) is 4. The van der Waals surface area contributed by atoms with Crippen LogP contribution in [-0.4, -0.2) is 23.2 Å². The molecule has 0 saturated carbocycles. The number of aromatic nitrogens is 3. The molecule has 1 aromatic rings. The summed E-state index contributed by atoms with van der Waals surface area (Å²) in [6.07, 6.45) is 2.72. The van der Waals surface area contributed by atoms with Crippen LogP contribution in [-0.2, 0) is 0 Å². The van der Waals surface area contributed by atoms with E-state index < -0.39 is 0 Å². The van der Waals surface area contributed by atoms with Crippen molar-refractivity contribution in [3.05, 3.63) is 17.6 Å². The van der Waals surface area contributed by atoms with E-state index in [1.165, 1.54) is 12.4 Å². The zero-order valence-corrected chi connectivity index (χ0v) is 5.27. The van der Waals surface area contributed by atoms with E-state index in [4.69, 9.17) is 0 Å². The molecule has 0 amide bonds. The smallest absolute Gasteiger partial charge is 0.292 e. The van der Waals surface area contributed by atoms with Gasteiger partial charge >= 0.3 is 0 Å². The maximum atomic E-state index is 10.6. The van der Waals surface area contributed by atoms with Gasteiger partial charge in [-0.05, 0) is 0 Å². The minimum absolute atomic E-state index is 0.515. The maximum absolute atomic E-state index is 10.6. The summed E-state index contributed by atoms with van der Waals surface area (Å²) < 4.78 is 0. The Bertz CT molecular complexity index is 247. The van der Waals surface area contributed by atoms with E-state index in [1.807, 2.05) is 4.90 Å². The normalized spacial score (nSPS) is 15.4. The highest BCUT2D eigenvalue weighted by Gasteiger charge is 2.22. The fourth-order valence-electron chi connectivity index (χ4n) is 0.699. The standard InChI is InChI=1S/C5H6N4O/c10-9-2-1-6-5(7-9)8-3-4-8/h1-2H,3-4H2. The number of anilines is 1. The van der Waals surface area contributed by atoms with Gasteiger partial charge < -0.3 is 10.1 Å². The number of rotatable bonds is 1. The number of hydrogen-bond donors (Lipinski definition) is 0. The average Bonchev–Trinajstić information content (AvgIpc) is 2.68. The lowest BCUT2D eigenvalue weighted by Crippen LogP contribution is -2.31. The van der Waals surface area contributed by atoms with Crippen LogP contribution >= 0.6 is 0 Å². The lowest BCUT2D eigenvalue weighted by molar-refractivity contribution is -0.668. The van der Waals surface area contributed by atoms with Crippen LogP contribution in [0.5, 0.6) is 0 Å². The molecule has 0 bridgehead atoms. The van der Waals surface area contributed by atoms with E-state index in [9.17, 15) is 5.21 Å². The predicted molar refractivity (Wildman–Crippen MR) is 33.2 cm³/mol. The first kappa shape index (κ1) is 5.40. The Morgan fingerprint density at radius 3 is 3.00 bits per heavy atom. The molecule has 5 nitrogen and oxygen atoms in total. The molecule has 1 aliphatic heterocycles. The Balaban J connectivity index is 2.32. The van der Waals surface area contributed by atoms with Crippen molar-refractivity contribution in [3.8, 4) is 0 Å². The van der Waals surface area contributed by atoms with Gasteiger partial charge in [0.1, 0.15) is 0 Å². The van der Waals surface area contributed by atoms with Crippen LogP contribution in [0.25, 0.3) is 0 Å². The van der Waals surface area contributed by atoms with Crippen molar-refractivity contribution in [1.82, 2.24) is 10.1 Å². The molecule has 0 aliphatic carbocycles. The first-order valence-corrected chi connectivity index (χ1v) is 3.04. The predicted octanol–water partition coefficient (Wildman–Crippen LogP) is -1.07. The van der Waals surface area contributed by atoms with Crippen LogP contribution in [0, 0.1) is 5.21 Å². The van der Waals surface area contributed by atoms with Gasteiger partial charge in [-0.25, -0.2) is 4.98 Å². The van der Waals surface area contributed by atoms with Gasteiger partial charge in [0, 0.05) is 13.1 Å². The molecule has 1 saturated heterocycles. The third kappa shape index (κ3) is 0.854. The van der Waals surface area contributed by atoms with E-state index in [1.54, 1.807) is 0 Å². The average molecular weight is 138 g/mol. The largest absolute Gasteiger partial charge is 0.594 e. The fourth-order valence-corrected chi connectivity index (χ4v) is 0.699. The fraction of sp³-hybridized carbons (Fsp3) is 0.400. The highest BCUT2D eigenvalue weighted by atomic mass is 16.5. The lowest BCUT2D eigenvalue weighted by Gasteiger charge is -1.95. The Morgan fingerprint density at radius 1 is 1.60 bits per heavy atom. The van der Waals surface area contributed by atoms with Gasteiger partial charge in [-0.1, -0.05) is 4.85 Å². The Kier molecular flexibility index (Phi) is 0.969. The van der Waals surface area contributed by atoms with Crippen LogP contribution in [0.2, 0.25) is 0 Å². The van der Waals surface area contributed by atoms with Gasteiger partial charge in [0.15, 0.2) is 0 Å². The van der Waals surface area contributed by atoms with Crippen LogP contribution in [0.4, 0.5) is 5.95 Å². The molecule has 0 aromatic carbocycles. The van der Waals surface area contributed by atoms with Gasteiger partial charge in [-0.2, -0.15) is 0 Å². The van der Waals surface area contributed by atoms with Crippen molar-refractivity contribution in [2.24, 2.45) is 0 Å². The molecule has 1 aliphatic rings. The van der Waals surface area contributed by atoms with E-state index in [0.717, 1.165) is 13.1 Å². The highest BCUT2D eigenvalue weighted by Crippen LogP contribution is 2.11.